The van der Waals surface area contributed by atoms with E-state index in [1.807, 2.05) is 18.2 Å². The van der Waals surface area contributed by atoms with Crippen LogP contribution >= 0.6 is 0 Å². The van der Waals surface area contributed by atoms with Gasteiger partial charge in [-0.25, -0.2) is 4.98 Å². The molecule has 0 aliphatic heterocycles. The number of methoxy groups -OCH3 is 1. The predicted molar refractivity (Wildman–Crippen MR) is 95.7 cm³/mol. The molecule has 2 N–H and O–H groups in total. The SMILES string of the molecule is CCN(CC)c1ccc(Nc2nccc(NCCOC)n2)cc1. The lowest BCUT2D eigenvalue weighted by Crippen LogP contribution is -2.21. The van der Waals surface area contributed by atoms with Gasteiger partial charge in [0.05, 0.1) is 6.61 Å². The molecule has 0 fully saturated rings. The van der Waals surface area contributed by atoms with Crippen LogP contribution in [0.2, 0.25) is 0 Å². The van der Waals surface area contributed by atoms with Gasteiger partial charge in [-0.05, 0) is 44.2 Å². The monoisotopic (exact) mass is 315 g/mol. The van der Waals surface area contributed by atoms with Crippen molar-refractivity contribution < 1.29 is 4.74 Å². The zero-order valence-corrected chi connectivity index (χ0v) is 14.0. The molecule has 23 heavy (non-hydrogen) atoms. The number of nitrogens with one attached hydrogen (secondary N) is 2. The lowest BCUT2D eigenvalue weighted by molar-refractivity contribution is 0.210. The third kappa shape index (κ3) is 5.10. The van der Waals surface area contributed by atoms with E-state index in [0.29, 0.717) is 19.1 Å². The van der Waals surface area contributed by atoms with E-state index >= 15 is 0 Å². The van der Waals surface area contributed by atoms with E-state index in [1.54, 1.807) is 13.3 Å². The molecule has 0 radical (unpaired) electrons. The topological polar surface area (TPSA) is 62.3 Å². The summed E-state index contributed by atoms with van der Waals surface area (Å²) < 4.78 is 5.01. The number of rotatable bonds is 9. The van der Waals surface area contributed by atoms with Gasteiger partial charge in [0.25, 0.3) is 0 Å². The van der Waals surface area contributed by atoms with Crippen molar-refractivity contribution in [1.82, 2.24) is 9.97 Å². The molecule has 0 unspecified atom stereocenters. The third-order valence-electron chi connectivity index (χ3n) is 3.52. The fourth-order valence-electron chi connectivity index (χ4n) is 2.27. The van der Waals surface area contributed by atoms with E-state index in [0.717, 1.165) is 24.6 Å². The summed E-state index contributed by atoms with van der Waals surface area (Å²) in [6.07, 6.45) is 1.73. The molecule has 0 atom stereocenters. The number of aromatic nitrogens is 2. The normalized spacial score (nSPS) is 10.4. The van der Waals surface area contributed by atoms with Crippen LogP contribution in [0.5, 0.6) is 0 Å². The predicted octanol–water partition coefficient (Wildman–Crippen LogP) is 3.12. The van der Waals surface area contributed by atoms with Gasteiger partial charge in [-0.1, -0.05) is 0 Å². The summed E-state index contributed by atoms with van der Waals surface area (Å²) in [5, 5.41) is 6.41. The summed E-state index contributed by atoms with van der Waals surface area (Å²) in [5.41, 5.74) is 2.19. The van der Waals surface area contributed by atoms with Crippen molar-refractivity contribution in [1.29, 1.82) is 0 Å². The van der Waals surface area contributed by atoms with Crippen LogP contribution in [0.25, 0.3) is 0 Å². The Morgan fingerprint density at radius 1 is 1.09 bits per heavy atom. The number of hydrogen-bond acceptors (Lipinski definition) is 6. The standard InChI is InChI=1S/C17H25N5O/c1-4-22(5-2)15-8-6-14(7-9-15)20-17-19-11-10-16(21-17)18-12-13-23-3/h6-11H,4-5,12-13H2,1-3H3,(H2,18,19,20,21). The van der Waals surface area contributed by atoms with Gasteiger partial charge in [-0.15, -0.1) is 0 Å². The summed E-state index contributed by atoms with van der Waals surface area (Å²) in [4.78, 5) is 11.0. The minimum Gasteiger partial charge on any atom is -0.383 e. The minimum absolute atomic E-state index is 0.572. The second-order valence-electron chi connectivity index (χ2n) is 5.03. The Hall–Kier alpha value is -2.34. The number of ether oxygens (including phenoxy) is 1. The Balaban J connectivity index is 2.00. The van der Waals surface area contributed by atoms with E-state index in [9.17, 15) is 0 Å². The van der Waals surface area contributed by atoms with Crippen molar-refractivity contribution in [3.8, 4) is 0 Å². The molecule has 0 aliphatic rings. The highest BCUT2D eigenvalue weighted by Gasteiger charge is 2.03. The van der Waals surface area contributed by atoms with Crippen LogP contribution in [0.4, 0.5) is 23.1 Å². The van der Waals surface area contributed by atoms with Crippen molar-refractivity contribution in [2.75, 3.05) is 48.9 Å². The zero-order chi connectivity index (χ0) is 16.5. The van der Waals surface area contributed by atoms with Crippen LogP contribution < -0.4 is 15.5 Å². The molecule has 1 aromatic carbocycles. The molecule has 124 valence electrons. The molecule has 0 aliphatic carbocycles. The fourth-order valence-corrected chi connectivity index (χ4v) is 2.27. The second kappa shape index (κ2) is 8.95. The summed E-state index contributed by atoms with van der Waals surface area (Å²) >= 11 is 0. The van der Waals surface area contributed by atoms with Crippen molar-refractivity contribution in [2.24, 2.45) is 0 Å². The van der Waals surface area contributed by atoms with E-state index in [1.165, 1.54) is 5.69 Å². The maximum Gasteiger partial charge on any atom is 0.229 e. The average Bonchev–Trinajstić information content (AvgIpc) is 2.58. The maximum atomic E-state index is 5.01. The van der Waals surface area contributed by atoms with Crippen LogP contribution in [0.15, 0.2) is 36.5 Å². The molecule has 0 spiro atoms. The van der Waals surface area contributed by atoms with Gasteiger partial charge in [0.2, 0.25) is 5.95 Å². The molecule has 0 amide bonds. The lowest BCUT2D eigenvalue weighted by Gasteiger charge is -2.21. The van der Waals surface area contributed by atoms with Gasteiger partial charge < -0.3 is 20.3 Å². The van der Waals surface area contributed by atoms with E-state index in [4.69, 9.17) is 4.74 Å². The summed E-state index contributed by atoms with van der Waals surface area (Å²) in [6, 6.07) is 10.1. The number of benzene rings is 1. The van der Waals surface area contributed by atoms with Gasteiger partial charge in [-0.3, -0.25) is 0 Å². The summed E-state index contributed by atoms with van der Waals surface area (Å²) in [6.45, 7) is 7.67. The first-order valence-corrected chi connectivity index (χ1v) is 7.94. The second-order valence-corrected chi connectivity index (χ2v) is 5.03. The lowest BCUT2D eigenvalue weighted by atomic mass is 10.2. The number of hydrogen-bond donors (Lipinski definition) is 2. The third-order valence-corrected chi connectivity index (χ3v) is 3.52. The molecular weight excluding hydrogens is 290 g/mol. The van der Waals surface area contributed by atoms with E-state index in [2.05, 4.69) is 51.5 Å². The molecule has 2 aromatic rings. The summed E-state index contributed by atoms with van der Waals surface area (Å²) in [7, 11) is 1.68. The van der Waals surface area contributed by atoms with Crippen LogP contribution in [-0.4, -0.2) is 43.3 Å². The molecule has 2 rings (SSSR count). The highest BCUT2D eigenvalue weighted by atomic mass is 16.5. The molecule has 0 saturated heterocycles. The maximum absolute atomic E-state index is 5.01. The Morgan fingerprint density at radius 3 is 2.48 bits per heavy atom. The first kappa shape index (κ1) is 17.0. The molecule has 1 heterocycles. The van der Waals surface area contributed by atoms with Crippen molar-refractivity contribution in [2.45, 2.75) is 13.8 Å². The molecule has 0 saturated carbocycles. The first-order valence-electron chi connectivity index (χ1n) is 7.94. The molecule has 6 nitrogen and oxygen atoms in total. The Kier molecular flexibility index (Phi) is 6.62. The van der Waals surface area contributed by atoms with Crippen LogP contribution in [0, 0.1) is 0 Å². The number of anilines is 4. The van der Waals surface area contributed by atoms with Crippen molar-refractivity contribution in [3.63, 3.8) is 0 Å². The van der Waals surface area contributed by atoms with Gasteiger partial charge in [-0.2, -0.15) is 4.98 Å². The van der Waals surface area contributed by atoms with Gasteiger partial charge in [0, 0.05) is 44.3 Å². The highest BCUT2D eigenvalue weighted by molar-refractivity contribution is 5.59. The smallest absolute Gasteiger partial charge is 0.229 e. The fraction of sp³-hybridized carbons (Fsp3) is 0.412. The van der Waals surface area contributed by atoms with Crippen LogP contribution in [0.1, 0.15) is 13.8 Å². The highest BCUT2D eigenvalue weighted by Crippen LogP contribution is 2.20. The quantitative estimate of drug-likeness (QED) is 0.693. The first-order chi connectivity index (χ1) is 11.3. The minimum atomic E-state index is 0.572. The summed E-state index contributed by atoms with van der Waals surface area (Å²) in [5.74, 6) is 1.35. The van der Waals surface area contributed by atoms with Crippen molar-refractivity contribution >= 4 is 23.1 Å². The van der Waals surface area contributed by atoms with E-state index < -0.39 is 0 Å². The zero-order valence-electron chi connectivity index (χ0n) is 14.0. The molecule has 1 aromatic heterocycles. The van der Waals surface area contributed by atoms with Crippen molar-refractivity contribution in [3.05, 3.63) is 36.5 Å². The molecular formula is C17H25N5O. The largest absolute Gasteiger partial charge is 0.383 e. The molecule has 0 bridgehead atoms. The Labute approximate surface area is 137 Å². The van der Waals surface area contributed by atoms with Crippen LogP contribution in [0.3, 0.4) is 0 Å². The van der Waals surface area contributed by atoms with E-state index in [-0.39, 0.29) is 0 Å². The van der Waals surface area contributed by atoms with Gasteiger partial charge in [0.1, 0.15) is 5.82 Å². The van der Waals surface area contributed by atoms with Gasteiger partial charge >= 0.3 is 0 Å². The van der Waals surface area contributed by atoms with Gasteiger partial charge in [0.15, 0.2) is 0 Å². The Morgan fingerprint density at radius 2 is 1.83 bits per heavy atom. The Bertz CT molecular complexity index is 584. The average molecular weight is 315 g/mol. The number of nitrogens with zero attached hydrogens (tertiary/aromatic N) is 3. The molecule has 6 heteroatoms. The van der Waals surface area contributed by atoms with Crippen LogP contribution in [-0.2, 0) is 4.74 Å².